The van der Waals surface area contributed by atoms with E-state index in [4.69, 9.17) is 42.6 Å². The third kappa shape index (κ3) is 18.6. The molecule has 1 saturated heterocycles. The summed E-state index contributed by atoms with van der Waals surface area (Å²) in [6, 6.07) is 3.90. The first kappa shape index (κ1) is 46.8. The van der Waals surface area contributed by atoms with Crippen molar-refractivity contribution in [1.82, 2.24) is 10.2 Å². The van der Waals surface area contributed by atoms with E-state index in [1.165, 1.54) is 19.3 Å². The minimum atomic E-state index is -1.01. The molecule has 17 nitrogen and oxygen atoms in total. The molecule has 1 atom stereocenters. The predicted molar refractivity (Wildman–Crippen MR) is 202 cm³/mol. The van der Waals surface area contributed by atoms with Gasteiger partial charge >= 0.3 is 5.97 Å². The number of hydrogen-bond acceptors (Lipinski definition) is 15. The first-order valence-electron chi connectivity index (χ1n) is 19.8. The average Bonchev–Trinajstić information content (AvgIpc) is 3.44. The molecule has 1 fully saturated rings. The van der Waals surface area contributed by atoms with Crippen molar-refractivity contribution >= 4 is 35.3 Å². The maximum atomic E-state index is 13.2. The number of amides is 4. The molecule has 1 aromatic rings. The van der Waals surface area contributed by atoms with Crippen molar-refractivity contribution in [3.05, 3.63) is 29.3 Å². The highest BCUT2D eigenvalue weighted by Gasteiger charge is 2.45. The third-order valence-electron chi connectivity index (χ3n) is 8.61. The van der Waals surface area contributed by atoms with Gasteiger partial charge in [-0.05, 0) is 25.0 Å². The van der Waals surface area contributed by atoms with Gasteiger partial charge in [-0.25, -0.2) is 0 Å². The molecule has 1 aromatic carbocycles. The Morgan fingerprint density at radius 1 is 0.661 bits per heavy atom. The molecular formula is C39H61N3O14. The zero-order chi connectivity index (χ0) is 40.1. The van der Waals surface area contributed by atoms with E-state index in [1.807, 2.05) is 0 Å². The van der Waals surface area contributed by atoms with E-state index in [9.17, 15) is 24.0 Å². The second-order valence-corrected chi connectivity index (χ2v) is 12.9. The number of benzene rings is 1. The molecule has 0 aliphatic carbocycles. The van der Waals surface area contributed by atoms with Crippen molar-refractivity contribution in [2.24, 2.45) is 0 Å². The van der Waals surface area contributed by atoms with E-state index in [-0.39, 0.29) is 36.5 Å². The molecule has 2 heterocycles. The Hall–Kier alpha value is -3.55. The van der Waals surface area contributed by atoms with E-state index in [2.05, 4.69) is 17.6 Å². The predicted octanol–water partition coefficient (Wildman–Crippen LogP) is 2.54. The van der Waals surface area contributed by atoms with Crippen LogP contribution in [0.2, 0.25) is 0 Å². The average molecular weight is 796 g/mol. The molecule has 4 amide bonds. The number of carbonyl (C=O) groups is 5. The number of carbonyl (C=O) groups excluding carboxylic acids is 5. The lowest BCUT2D eigenvalue weighted by atomic mass is 10.0. The SMILES string of the molecule is CCCCCCCC(=O)OCCOCCOCCOCCOCCOCCOCCOCCOCCNc1cccc2c1C(=O)N(C1CCC(=O)NC1=O)C2=O. The van der Waals surface area contributed by atoms with Crippen molar-refractivity contribution in [2.45, 2.75) is 64.3 Å². The van der Waals surface area contributed by atoms with E-state index >= 15 is 0 Å². The van der Waals surface area contributed by atoms with Gasteiger partial charge in [0, 0.05) is 25.1 Å². The number of fused-ring (bicyclic) bond motifs is 1. The van der Waals surface area contributed by atoms with E-state index in [0.717, 1.165) is 17.7 Å². The largest absolute Gasteiger partial charge is 0.463 e. The summed E-state index contributed by atoms with van der Waals surface area (Å²) in [6.07, 6.45) is 6.16. The van der Waals surface area contributed by atoms with Gasteiger partial charge < -0.3 is 47.9 Å². The number of rotatable bonds is 35. The molecule has 316 valence electrons. The number of nitrogens with zero attached hydrogens (tertiary/aromatic N) is 1. The Morgan fingerprint density at radius 2 is 1.16 bits per heavy atom. The molecule has 3 rings (SSSR count). The highest BCUT2D eigenvalue weighted by Crippen LogP contribution is 2.32. The maximum absolute atomic E-state index is 13.2. The van der Waals surface area contributed by atoms with Gasteiger partial charge in [-0.1, -0.05) is 38.7 Å². The Bertz CT molecular complexity index is 1320. The Labute approximate surface area is 329 Å². The summed E-state index contributed by atoms with van der Waals surface area (Å²) in [4.78, 5) is 62.5. The van der Waals surface area contributed by atoms with Gasteiger partial charge in [0.25, 0.3) is 11.8 Å². The van der Waals surface area contributed by atoms with E-state index < -0.39 is 29.7 Å². The minimum Gasteiger partial charge on any atom is -0.463 e. The van der Waals surface area contributed by atoms with Crippen LogP contribution in [0.1, 0.15) is 79.0 Å². The lowest BCUT2D eigenvalue weighted by Gasteiger charge is -2.27. The van der Waals surface area contributed by atoms with Crippen LogP contribution in [0.15, 0.2) is 18.2 Å². The first-order chi connectivity index (χ1) is 27.4. The number of unbranched alkanes of at least 4 members (excludes halogenated alkanes) is 4. The summed E-state index contributed by atoms with van der Waals surface area (Å²) in [7, 11) is 0. The Balaban J connectivity index is 1.01. The summed E-state index contributed by atoms with van der Waals surface area (Å²) in [6.45, 7) is 9.63. The second kappa shape index (κ2) is 29.7. The Morgan fingerprint density at radius 3 is 1.68 bits per heavy atom. The van der Waals surface area contributed by atoms with Gasteiger partial charge in [0.05, 0.1) is 117 Å². The number of hydrogen-bond donors (Lipinski definition) is 2. The van der Waals surface area contributed by atoms with Crippen LogP contribution in [0, 0.1) is 0 Å². The number of imide groups is 2. The van der Waals surface area contributed by atoms with Crippen LogP contribution in [0.5, 0.6) is 0 Å². The van der Waals surface area contributed by atoms with Crippen LogP contribution in [-0.4, -0.2) is 159 Å². The van der Waals surface area contributed by atoms with Gasteiger partial charge in [-0.3, -0.25) is 34.2 Å². The smallest absolute Gasteiger partial charge is 0.305 e. The summed E-state index contributed by atoms with van der Waals surface area (Å²) in [5.74, 6) is -2.34. The third-order valence-corrected chi connectivity index (χ3v) is 8.61. The lowest BCUT2D eigenvalue weighted by Crippen LogP contribution is -2.54. The van der Waals surface area contributed by atoms with Gasteiger partial charge in [0.1, 0.15) is 12.6 Å². The molecule has 0 saturated carbocycles. The van der Waals surface area contributed by atoms with Crippen LogP contribution >= 0.6 is 0 Å². The fourth-order valence-corrected chi connectivity index (χ4v) is 5.72. The zero-order valence-electron chi connectivity index (χ0n) is 32.9. The molecule has 0 spiro atoms. The maximum Gasteiger partial charge on any atom is 0.305 e. The molecule has 2 aliphatic rings. The fraction of sp³-hybridized carbons (Fsp3) is 0.718. The van der Waals surface area contributed by atoms with Crippen LogP contribution in [0.25, 0.3) is 0 Å². The van der Waals surface area contributed by atoms with E-state index in [0.29, 0.717) is 124 Å². The number of piperidine rings is 1. The van der Waals surface area contributed by atoms with Crippen LogP contribution in [0.3, 0.4) is 0 Å². The highest BCUT2D eigenvalue weighted by atomic mass is 16.6. The van der Waals surface area contributed by atoms with Crippen LogP contribution in [-0.2, 0) is 57.0 Å². The number of nitrogens with one attached hydrogen (secondary N) is 2. The summed E-state index contributed by atoms with van der Waals surface area (Å²) >= 11 is 0. The first-order valence-corrected chi connectivity index (χ1v) is 19.8. The van der Waals surface area contributed by atoms with Gasteiger partial charge in [-0.2, -0.15) is 0 Å². The van der Waals surface area contributed by atoms with Gasteiger partial charge in [-0.15, -0.1) is 0 Å². The number of anilines is 1. The molecule has 0 radical (unpaired) electrons. The van der Waals surface area contributed by atoms with Crippen molar-refractivity contribution in [3.8, 4) is 0 Å². The van der Waals surface area contributed by atoms with Gasteiger partial charge in [0.2, 0.25) is 11.8 Å². The standard InChI is InChI=1S/C39H61N3O14/c1-2-3-4-5-6-10-35(44)56-30-29-55-28-27-54-26-25-53-24-23-52-22-21-51-20-19-50-18-17-49-16-15-48-14-13-40-32-9-7-8-31-36(32)39(47)42(38(31)46)33-11-12-34(43)41-37(33)45/h7-9,33,40H,2-6,10-30H2,1H3,(H,41,43,45). The van der Waals surface area contributed by atoms with E-state index in [1.54, 1.807) is 18.2 Å². The number of esters is 1. The molecule has 0 bridgehead atoms. The molecule has 2 aliphatic heterocycles. The normalized spacial score (nSPS) is 15.4. The van der Waals surface area contributed by atoms with Crippen molar-refractivity contribution < 1.29 is 66.6 Å². The summed E-state index contributed by atoms with van der Waals surface area (Å²) in [5.41, 5.74) is 0.902. The van der Waals surface area contributed by atoms with Crippen molar-refractivity contribution in [1.29, 1.82) is 0 Å². The van der Waals surface area contributed by atoms with Crippen LogP contribution in [0.4, 0.5) is 5.69 Å². The second-order valence-electron chi connectivity index (χ2n) is 12.9. The summed E-state index contributed by atoms with van der Waals surface area (Å²) < 4.78 is 49.1. The molecule has 2 N–H and O–H groups in total. The molecule has 56 heavy (non-hydrogen) atoms. The monoisotopic (exact) mass is 795 g/mol. The van der Waals surface area contributed by atoms with Crippen molar-refractivity contribution in [3.63, 3.8) is 0 Å². The fourth-order valence-electron chi connectivity index (χ4n) is 5.72. The lowest BCUT2D eigenvalue weighted by molar-refractivity contribution is -0.145. The zero-order valence-corrected chi connectivity index (χ0v) is 32.9. The topological polar surface area (TPSA) is 196 Å². The van der Waals surface area contributed by atoms with Crippen LogP contribution < -0.4 is 10.6 Å². The number of ether oxygens (including phenoxy) is 9. The van der Waals surface area contributed by atoms with Gasteiger partial charge in [0.15, 0.2) is 0 Å². The summed E-state index contributed by atoms with van der Waals surface area (Å²) in [5, 5.41) is 5.33. The van der Waals surface area contributed by atoms with Crippen molar-refractivity contribution in [2.75, 3.05) is 124 Å². The molecule has 0 aromatic heterocycles. The quantitative estimate of drug-likeness (QED) is 0.0578. The Kier molecular flexibility index (Phi) is 24.8. The molecule has 1 unspecified atom stereocenters. The minimum absolute atomic E-state index is 0.0642. The molecule has 17 heteroatoms. The highest BCUT2D eigenvalue weighted by molar-refractivity contribution is 6.25. The molecular weight excluding hydrogens is 734 g/mol.